The highest BCUT2D eigenvalue weighted by molar-refractivity contribution is 7.14. The number of carbonyl (C=O) groups is 3. The van der Waals surface area contributed by atoms with Crippen LogP contribution in [0.25, 0.3) is 0 Å². The average molecular weight is 391 g/mol. The first-order chi connectivity index (χ1) is 11.3. The van der Waals surface area contributed by atoms with Crippen molar-refractivity contribution in [1.82, 2.24) is 0 Å². The van der Waals surface area contributed by atoms with E-state index in [4.69, 9.17) is 33.7 Å². The van der Waals surface area contributed by atoms with Crippen LogP contribution in [0.2, 0.25) is 10.0 Å². The third-order valence-corrected chi connectivity index (χ3v) is 4.18. The van der Waals surface area contributed by atoms with Gasteiger partial charge in [-0.3, -0.25) is 9.59 Å². The molecule has 1 heterocycles. The van der Waals surface area contributed by atoms with Crippen molar-refractivity contribution in [1.29, 1.82) is 0 Å². The summed E-state index contributed by atoms with van der Waals surface area (Å²) < 4.78 is 18.1. The number of hydrogen-bond donors (Lipinski definition) is 2. The summed E-state index contributed by atoms with van der Waals surface area (Å²) in [5, 5.41) is 3.84. The van der Waals surface area contributed by atoms with Gasteiger partial charge in [0, 0.05) is 0 Å². The second kappa shape index (κ2) is 7.61. The molecular formula is C14H9Cl2FN2O4S. The number of rotatable bonds is 5. The summed E-state index contributed by atoms with van der Waals surface area (Å²) in [5.41, 5.74) is 5.02. The van der Waals surface area contributed by atoms with Gasteiger partial charge < -0.3 is 15.8 Å². The van der Waals surface area contributed by atoms with Gasteiger partial charge in [-0.2, -0.15) is 0 Å². The molecule has 0 unspecified atom stereocenters. The fraction of sp³-hybridized carbons (Fsp3) is 0.0714. The second-order valence-electron chi connectivity index (χ2n) is 4.40. The maximum absolute atomic E-state index is 13.4. The van der Waals surface area contributed by atoms with Gasteiger partial charge in [-0.25, -0.2) is 9.18 Å². The van der Waals surface area contributed by atoms with Crippen LogP contribution in [-0.2, 0) is 9.53 Å². The molecule has 10 heteroatoms. The zero-order valence-corrected chi connectivity index (χ0v) is 14.1. The molecule has 0 saturated carbocycles. The first kappa shape index (κ1) is 18.2. The molecule has 0 bridgehead atoms. The molecule has 3 N–H and O–H groups in total. The SMILES string of the molecule is NC(=O)c1ccsc1NC(=O)COC(=O)c1cc(F)c(Cl)cc1Cl. The van der Waals surface area contributed by atoms with E-state index < -0.39 is 30.2 Å². The predicted octanol–water partition coefficient (Wildman–Crippen LogP) is 3.09. The van der Waals surface area contributed by atoms with Crippen LogP contribution < -0.4 is 11.1 Å². The Bertz CT molecular complexity index is 825. The number of carbonyl (C=O) groups excluding carboxylic acids is 3. The van der Waals surface area contributed by atoms with Gasteiger partial charge in [-0.15, -0.1) is 11.3 Å². The number of thiophene rings is 1. The maximum atomic E-state index is 13.4. The summed E-state index contributed by atoms with van der Waals surface area (Å²) in [5.74, 6) is -3.24. The number of amides is 2. The lowest BCUT2D eigenvalue weighted by molar-refractivity contribution is -0.119. The Balaban J connectivity index is 1.99. The van der Waals surface area contributed by atoms with Crippen LogP contribution in [-0.4, -0.2) is 24.4 Å². The van der Waals surface area contributed by atoms with Gasteiger partial charge >= 0.3 is 5.97 Å². The number of hydrogen-bond acceptors (Lipinski definition) is 5. The topological polar surface area (TPSA) is 98.5 Å². The van der Waals surface area contributed by atoms with Crippen LogP contribution in [0.3, 0.4) is 0 Å². The standard InChI is InChI=1S/C14H9Cl2FN2O4S/c15-8-4-9(16)10(17)3-7(8)14(22)23-5-11(20)19-13-6(12(18)21)1-2-24-13/h1-4H,5H2,(H2,18,21)(H,19,20). The molecule has 0 spiro atoms. The molecule has 1 aromatic heterocycles. The van der Waals surface area contributed by atoms with Crippen molar-refractivity contribution in [3.63, 3.8) is 0 Å². The van der Waals surface area contributed by atoms with E-state index in [1.54, 1.807) is 5.38 Å². The molecule has 0 fully saturated rings. The number of benzene rings is 1. The van der Waals surface area contributed by atoms with Gasteiger partial charge in [-0.05, 0) is 23.6 Å². The quantitative estimate of drug-likeness (QED) is 0.605. The molecule has 1 aromatic carbocycles. The molecule has 0 atom stereocenters. The fourth-order valence-electron chi connectivity index (χ4n) is 1.65. The molecule has 0 aliphatic heterocycles. The van der Waals surface area contributed by atoms with Crippen molar-refractivity contribution < 1.29 is 23.5 Å². The highest BCUT2D eigenvalue weighted by Gasteiger charge is 2.18. The number of ether oxygens (including phenoxy) is 1. The van der Waals surface area contributed by atoms with E-state index in [1.165, 1.54) is 6.07 Å². The van der Waals surface area contributed by atoms with Crippen molar-refractivity contribution in [3.05, 3.63) is 50.6 Å². The van der Waals surface area contributed by atoms with Crippen molar-refractivity contribution in [2.75, 3.05) is 11.9 Å². The summed E-state index contributed by atoms with van der Waals surface area (Å²) in [6.45, 7) is -0.657. The predicted molar refractivity (Wildman–Crippen MR) is 88.2 cm³/mol. The van der Waals surface area contributed by atoms with Crippen molar-refractivity contribution >= 4 is 57.3 Å². The van der Waals surface area contributed by atoms with Crippen LogP contribution in [0.1, 0.15) is 20.7 Å². The Morgan fingerprint density at radius 2 is 1.92 bits per heavy atom. The van der Waals surface area contributed by atoms with Crippen LogP contribution in [0.15, 0.2) is 23.6 Å². The largest absolute Gasteiger partial charge is 0.452 e. The van der Waals surface area contributed by atoms with Crippen LogP contribution in [0.4, 0.5) is 9.39 Å². The lowest BCUT2D eigenvalue weighted by Crippen LogP contribution is -2.22. The molecule has 126 valence electrons. The Kier molecular flexibility index (Phi) is 5.76. The summed E-state index contributed by atoms with van der Waals surface area (Å²) in [4.78, 5) is 34.8. The Morgan fingerprint density at radius 1 is 1.21 bits per heavy atom. The summed E-state index contributed by atoms with van der Waals surface area (Å²) in [6, 6.07) is 3.32. The monoisotopic (exact) mass is 390 g/mol. The molecule has 0 aliphatic carbocycles. The van der Waals surface area contributed by atoms with E-state index in [-0.39, 0.29) is 26.2 Å². The number of esters is 1. The molecule has 0 radical (unpaired) electrons. The molecule has 24 heavy (non-hydrogen) atoms. The molecule has 0 saturated heterocycles. The minimum atomic E-state index is -0.993. The summed E-state index contributed by atoms with van der Waals surface area (Å²) in [7, 11) is 0. The first-order valence-electron chi connectivity index (χ1n) is 6.28. The van der Waals surface area contributed by atoms with Gasteiger partial charge in [0.25, 0.3) is 11.8 Å². The van der Waals surface area contributed by atoms with Gasteiger partial charge in [0.05, 0.1) is 21.2 Å². The fourth-order valence-corrected chi connectivity index (χ4v) is 2.92. The number of anilines is 1. The molecule has 2 rings (SSSR count). The van der Waals surface area contributed by atoms with E-state index in [0.29, 0.717) is 0 Å². The van der Waals surface area contributed by atoms with Crippen molar-refractivity contribution in [2.45, 2.75) is 0 Å². The number of nitrogens with one attached hydrogen (secondary N) is 1. The normalized spacial score (nSPS) is 10.3. The lowest BCUT2D eigenvalue weighted by Gasteiger charge is -2.08. The maximum Gasteiger partial charge on any atom is 0.340 e. The minimum absolute atomic E-state index is 0.110. The van der Waals surface area contributed by atoms with Gasteiger partial charge in [0.2, 0.25) is 0 Å². The van der Waals surface area contributed by atoms with Crippen molar-refractivity contribution in [2.24, 2.45) is 5.73 Å². The van der Waals surface area contributed by atoms with Crippen LogP contribution >= 0.6 is 34.5 Å². The Hall–Kier alpha value is -2.16. The lowest BCUT2D eigenvalue weighted by atomic mass is 10.2. The average Bonchev–Trinajstić information content (AvgIpc) is 2.96. The smallest absolute Gasteiger partial charge is 0.340 e. The van der Waals surface area contributed by atoms with E-state index in [2.05, 4.69) is 5.32 Å². The third kappa shape index (κ3) is 4.22. The molecule has 6 nitrogen and oxygen atoms in total. The van der Waals surface area contributed by atoms with E-state index >= 15 is 0 Å². The van der Waals surface area contributed by atoms with Gasteiger partial charge in [0.1, 0.15) is 10.8 Å². The van der Waals surface area contributed by atoms with Crippen molar-refractivity contribution in [3.8, 4) is 0 Å². The zero-order valence-electron chi connectivity index (χ0n) is 11.8. The van der Waals surface area contributed by atoms with E-state index in [0.717, 1.165) is 23.5 Å². The second-order valence-corrected chi connectivity index (χ2v) is 6.13. The minimum Gasteiger partial charge on any atom is -0.452 e. The highest BCUT2D eigenvalue weighted by Crippen LogP contribution is 2.25. The van der Waals surface area contributed by atoms with E-state index in [1.807, 2.05) is 0 Å². The molecular weight excluding hydrogens is 382 g/mol. The summed E-state index contributed by atoms with van der Waals surface area (Å²) in [6.07, 6.45) is 0. The molecule has 2 aromatic rings. The summed E-state index contributed by atoms with van der Waals surface area (Å²) >= 11 is 12.4. The molecule has 0 aliphatic rings. The Labute approximate surface area is 149 Å². The van der Waals surface area contributed by atoms with Crippen LogP contribution in [0, 0.1) is 5.82 Å². The van der Waals surface area contributed by atoms with Gasteiger partial charge in [-0.1, -0.05) is 23.2 Å². The van der Waals surface area contributed by atoms with Gasteiger partial charge in [0.15, 0.2) is 6.61 Å². The first-order valence-corrected chi connectivity index (χ1v) is 7.92. The van der Waals surface area contributed by atoms with E-state index in [9.17, 15) is 18.8 Å². The Morgan fingerprint density at radius 3 is 2.58 bits per heavy atom. The number of halogens is 3. The zero-order chi connectivity index (χ0) is 17.9. The van der Waals surface area contributed by atoms with Crippen LogP contribution in [0.5, 0.6) is 0 Å². The number of nitrogens with two attached hydrogens (primary N) is 1. The third-order valence-electron chi connectivity index (χ3n) is 2.75. The highest BCUT2D eigenvalue weighted by atomic mass is 35.5. The number of primary amides is 1. The molecule has 2 amide bonds.